The van der Waals surface area contributed by atoms with Crippen LogP contribution in [0.15, 0.2) is 47.0 Å². The van der Waals surface area contributed by atoms with Gasteiger partial charge in [-0.15, -0.1) is 0 Å². The summed E-state index contributed by atoms with van der Waals surface area (Å²) in [5.74, 6) is 0.529. The van der Waals surface area contributed by atoms with Gasteiger partial charge in [0.05, 0.1) is 11.3 Å². The molecule has 0 unspecified atom stereocenters. The highest BCUT2D eigenvalue weighted by Gasteiger charge is 2.13. The number of nitrogens with one attached hydrogen (secondary N) is 1. The van der Waals surface area contributed by atoms with Gasteiger partial charge in [0.2, 0.25) is 5.91 Å². The normalized spacial score (nSPS) is 10.5. The van der Waals surface area contributed by atoms with Gasteiger partial charge in [-0.2, -0.15) is 0 Å². The number of aryl methyl sites for hydroxylation is 2. The third-order valence-corrected chi connectivity index (χ3v) is 4.53. The molecule has 0 atom stereocenters. The number of primary amides is 1. The lowest BCUT2D eigenvalue weighted by Gasteiger charge is -2.11. The minimum atomic E-state index is -0.534. The van der Waals surface area contributed by atoms with Gasteiger partial charge in [0.15, 0.2) is 0 Å². The summed E-state index contributed by atoms with van der Waals surface area (Å²) in [7, 11) is 0. The quantitative estimate of drug-likeness (QED) is 0.681. The molecule has 144 valence electrons. The topological polar surface area (TPSA) is 107 Å². The fourth-order valence-electron chi connectivity index (χ4n) is 2.80. The van der Waals surface area contributed by atoms with Gasteiger partial charge in [-0.1, -0.05) is 11.2 Å². The van der Waals surface area contributed by atoms with Crippen LogP contribution in [-0.4, -0.2) is 17.0 Å². The molecule has 0 radical (unpaired) electrons. The molecule has 3 aromatic rings. The molecule has 0 fully saturated rings. The van der Waals surface area contributed by atoms with Crippen LogP contribution >= 0.6 is 0 Å². The maximum Gasteiger partial charge on any atom is 0.255 e. The first kappa shape index (κ1) is 19.2. The Hall–Kier alpha value is -3.61. The van der Waals surface area contributed by atoms with E-state index in [1.807, 2.05) is 13.8 Å². The number of nitrogens with two attached hydrogens (primary N) is 1. The van der Waals surface area contributed by atoms with Crippen LogP contribution in [0.1, 0.15) is 43.3 Å². The number of benzene rings is 2. The Morgan fingerprint density at radius 1 is 1.11 bits per heavy atom. The summed E-state index contributed by atoms with van der Waals surface area (Å²) in [5, 5.41) is 6.70. The first-order valence-electron chi connectivity index (χ1n) is 8.72. The summed E-state index contributed by atoms with van der Waals surface area (Å²) < 4.78 is 10.9. The zero-order chi connectivity index (χ0) is 20.3. The highest BCUT2D eigenvalue weighted by Crippen LogP contribution is 2.21. The van der Waals surface area contributed by atoms with E-state index in [1.165, 1.54) is 0 Å². The number of carbonyl (C=O) groups excluding carboxylic acids is 2. The van der Waals surface area contributed by atoms with Gasteiger partial charge < -0.3 is 20.3 Å². The van der Waals surface area contributed by atoms with E-state index < -0.39 is 5.91 Å². The molecule has 7 heteroatoms. The molecule has 3 rings (SSSR count). The summed E-state index contributed by atoms with van der Waals surface area (Å²) in [4.78, 5) is 23.9. The van der Waals surface area contributed by atoms with Crippen molar-refractivity contribution in [3.63, 3.8) is 0 Å². The molecule has 2 aromatic carbocycles. The van der Waals surface area contributed by atoms with E-state index in [4.69, 9.17) is 15.0 Å². The van der Waals surface area contributed by atoms with Gasteiger partial charge in [0.1, 0.15) is 18.1 Å². The molecule has 3 N–H and O–H groups in total. The van der Waals surface area contributed by atoms with Crippen molar-refractivity contribution in [2.24, 2.45) is 5.73 Å². The van der Waals surface area contributed by atoms with E-state index in [0.29, 0.717) is 34.7 Å². The Balaban J connectivity index is 1.67. The van der Waals surface area contributed by atoms with Crippen LogP contribution in [0.25, 0.3) is 0 Å². The van der Waals surface area contributed by atoms with Crippen molar-refractivity contribution in [3.05, 3.63) is 76.2 Å². The van der Waals surface area contributed by atoms with Gasteiger partial charge >= 0.3 is 0 Å². The third kappa shape index (κ3) is 4.03. The number of ether oxygens (including phenoxy) is 1. The Morgan fingerprint density at radius 3 is 2.43 bits per heavy atom. The SMILES string of the molecule is Cc1noc(C)c1COc1ccc(C(=O)Nc2cccc(C(N)=O)c2C)cc1. The number of carbonyl (C=O) groups is 2. The van der Waals surface area contributed by atoms with E-state index in [2.05, 4.69) is 10.5 Å². The second-order valence-electron chi connectivity index (χ2n) is 6.41. The van der Waals surface area contributed by atoms with Crippen LogP contribution < -0.4 is 15.8 Å². The minimum absolute atomic E-state index is 0.290. The standard InChI is InChI=1S/C21H21N3O4/c1-12-17(20(22)25)5-4-6-19(12)23-21(26)15-7-9-16(10-8-15)27-11-18-13(2)24-28-14(18)3/h4-10H,11H2,1-3H3,(H2,22,25)(H,23,26). The Labute approximate surface area is 162 Å². The van der Waals surface area contributed by atoms with Crippen molar-refractivity contribution in [3.8, 4) is 5.75 Å². The van der Waals surface area contributed by atoms with Crippen molar-refractivity contribution >= 4 is 17.5 Å². The van der Waals surface area contributed by atoms with Crippen molar-refractivity contribution in [1.82, 2.24) is 5.16 Å². The average molecular weight is 379 g/mol. The van der Waals surface area contributed by atoms with Gasteiger partial charge in [-0.25, -0.2) is 0 Å². The van der Waals surface area contributed by atoms with Crippen LogP contribution in [0.4, 0.5) is 5.69 Å². The first-order valence-corrected chi connectivity index (χ1v) is 8.72. The lowest BCUT2D eigenvalue weighted by Crippen LogP contribution is -2.16. The molecule has 0 aliphatic heterocycles. The number of rotatable bonds is 6. The van der Waals surface area contributed by atoms with E-state index >= 15 is 0 Å². The van der Waals surface area contributed by atoms with Gasteiger partial charge in [-0.05, 0) is 62.7 Å². The van der Waals surface area contributed by atoms with Crippen molar-refractivity contribution in [1.29, 1.82) is 0 Å². The average Bonchev–Trinajstić information content (AvgIpc) is 2.99. The molecule has 1 heterocycles. The van der Waals surface area contributed by atoms with Crippen LogP contribution in [0, 0.1) is 20.8 Å². The van der Waals surface area contributed by atoms with Crippen LogP contribution in [0.2, 0.25) is 0 Å². The predicted octanol–water partition coefficient (Wildman–Crippen LogP) is 3.53. The first-order chi connectivity index (χ1) is 13.4. The fourth-order valence-corrected chi connectivity index (χ4v) is 2.80. The lowest BCUT2D eigenvalue weighted by molar-refractivity contribution is 0.0995. The van der Waals surface area contributed by atoms with E-state index in [-0.39, 0.29) is 5.91 Å². The number of anilines is 1. The summed E-state index contributed by atoms with van der Waals surface area (Å²) in [6.45, 7) is 5.77. The van der Waals surface area contributed by atoms with E-state index in [0.717, 1.165) is 17.0 Å². The van der Waals surface area contributed by atoms with Crippen LogP contribution in [0.3, 0.4) is 0 Å². The van der Waals surface area contributed by atoms with Crippen LogP contribution in [0.5, 0.6) is 5.75 Å². The second-order valence-corrected chi connectivity index (χ2v) is 6.41. The number of nitrogens with zero attached hydrogens (tertiary/aromatic N) is 1. The molecule has 28 heavy (non-hydrogen) atoms. The molecular weight excluding hydrogens is 358 g/mol. The number of aromatic nitrogens is 1. The van der Waals surface area contributed by atoms with Crippen molar-refractivity contribution in [2.45, 2.75) is 27.4 Å². The van der Waals surface area contributed by atoms with Crippen molar-refractivity contribution in [2.75, 3.05) is 5.32 Å². The fraction of sp³-hybridized carbons (Fsp3) is 0.190. The second kappa shape index (κ2) is 7.96. The predicted molar refractivity (Wildman–Crippen MR) is 104 cm³/mol. The smallest absolute Gasteiger partial charge is 0.255 e. The largest absolute Gasteiger partial charge is 0.489 e. The highest BCUT2D eigenvalue weighted by atomic mass is 16.5. The summed E-state index contributed by atoms with van der Waals surface area (Å²) in [6, 6.07) is 11.8. The maximum atomic E-state index is 12.5. The molecule has 7 nitrogen and oxygen atoms in total. The number of hydrogen-bond acceptors (Lipinski definition) is 5. The maximum absolute atomic E-state index is 12.5. The zero-order valence-electron chi connectivity index (χ0n) is 15.9. The third-order valence-electron chi connectivity index (χ3n) is 4.53. The van der Waals surface area contributed by atoms with Gasteiger partial charge in [-0.3, -0.25) is 9.59 Å². The summed E-state index contributed by atoms with van der Waals surface area (Å²) >= 11 is 0. The zero-order valence-corrected chi connectivity index (χ0v) is 15.9. The highest BCUT2D eigenvalue weighted by molar-refractivity contribution is 6.06. The van der Waals surface area contributed by atoms with Crippen LogP contribution in [-0.2, 0) is 6.61 Å². The van der Waals surface area contributed by atoms with E-state index in [9.17, 15) is 9.59 Å². The lowest BCUT2D eigenvalue weighted by atomic mass is 10.1. The van der Waals surface area contributed by atoms with Gasteiger partial charge in [0.25, 0.3) is 5.91 Å². The van der Waals surface area contributed by atoms with Crippen molar-refractivity contribution < 1.29 is 18.8 Å². The monoisotopic (exact) mass is 379 g/mol. The Kier molecular flexibility index (Phi) is 5.44. The molecule has 0 aliphatic rings. The molecule has 0 bridgehead atoms. The molecule has 0 spiro atoms. The molecule has 0 saturated heterocycles. The Bertz CT molecular complexity index is 1000. The minimum Gasteiger partial charge on any atom is -0.489 e. The molecule has 2 amide bonds. The molecule has 1 aromatic heterocycles. The van der Waals surface area contributed by atoms with E-state index in [1.54, 1.807) is 49.4 Å². The summed E-state index contributed by atoms with van der Waals surface area (Å²) in [5.41, 5.74) is 9.06. The molecular formula is C21H21N3O4. The number of hydrogen-bond donors (Lipinski definition) is 2. The summed E-state index contributed by atoms with van der Waals surface area (Å²) in [6.07, 6.45) is 0. The molecule has 0 aliphatic carbocycles. The molecule has 0 saturated carbocycles. The Morgan fingerprint density at radius 2 is 1.82 bits per heavy atom. The van der Waals surface area contributed by atoms with Gasteiger partial charge in [0, 0.05) is 16.8 Å². The number of amides is 2.